The van der Waals surface area contributed by atoms with E-state index in [9.17, 15) is 4.79 Å². The van der Waals surface area contributed by atoms with Gasteiger partial charge in [0.1, 0.15) is 5.82 Å². The predicted octanol–water partition coefficient (Wildman–Crippen LogP) is 2.70. The highest BCUT2D eigenvalue weighted by molar-refractivity contribution is 5.71. The molecule has 1 aromatic carbocycles. The van der Waals surface area contributed by atoms with Gasteiger partial charge >= 0.3 is 0 Å². The molecule has 1 aliphatic heterocycles. The van der Waals surface area contributed by atoms with Gasteiger partial charge in [-0.2, -0.15) is 4.98 Å². The molecule has 0 unspecified atom stereocenters. The van der Waals surface area contributed by atoms with E-state index in [1.807, 2.05) is 31.2 Å². The van der Waals surface area contributed by atoms with Gasteiger partial charge in [-0.25, -0.2) is 4.98 Å². The third kappa shape index (κ3) is 1.96. The molecule has 3 aromatic rings. The summed E-state index contributed by atoms with van der Waals surface area (Å²) >= 11 is 0. The fourth-order valence-electron chi connectivity index (χ4n) is 2.74. The first-order chi connectivity index (χ1) is 10.2. The number of aryl methyl sites for hydroxylation is 2. The maximum Gasteiger partial charge on any atom is 0.283 e. The Labute approximate surface area is 121 Å². The Balaban J connectivity index is 1.92. The van der Waals surface area contributed by atoms with Crippen molar-refractivity contribution < 1.29 is 4.42 Å². The summed E-state index contributed by atoms with van der Waals surface area (Å²) in [5.41, 5.74) is 2.63. The Hall–Kier alpha value is -2.43. The van der Waals surface area contributed by atoms with Crippen molar-refractivity contribution in [2.45, 2.75) is 32.7 Å². The zero-order valence-corrected chi connectivity index (χ0v) is 11.8. The number of hydrogen-bond donors (Lipinski definition) is 0. The van der Waals surface area contributed by atoms with Gasteiger partial charge in [-0.05, 0) is 31.9 Å². The fraction of sp³-hybridized carbons (Fsp3) is 0.312. The van der Waals surface area contributed by atoms with Crippen LogP contribution in [-0.2, 0) is 13.0 Å². The second-order valence-corrected chi connectivity index (χ2v) is 5.48. The second kappa shape index (κ2) is 4.55. The number of nitrogens with zero attached hydrogens (tertiary/aromatic N) is 3. The van der Waals surface area contributed by atoms with Crippen LogP contribution in [-0.4, -0.2) is 14.5 Å². The first kappa shape index (κ1) is 12.3. The topological polar surface area (TPSA) is 60.9 Å². The highest BCUT2D eigenvalue weighted by Gasteiger charge is 2.19. The van der Waals surface area contributed by atoms with E-state index in [0.29, 0.717) is 17.1 Å². The summed E-state index contributed by atoms with van der Waals surface area (Å²) in [5, 5.41) is 0. The molecule has 2 aromatic heterocycles. The second-order valence-electron chi connectivity index (χ2n) is 5.48. The van der Waals surface area contributed by atoms with Crippen LogP contribution in [0.5, 0.6) is 0 Å². The van der Waals surface area contributed by atoms with E-state index in [-0.39, 0.29) is 5.56 Å². The molecule has 0 saturated carbocycles. The van der Waals surface area contributed by atoms with Crippen LogP contribution in [0.1, 0.15) is 24.2 Å². The van der Waals surface area contributed by atoms with Crippen molar-refractivity contribution in [2.24, 2.45) is 0 Å². The summed E-state index contributed by atoms with van der Waals surface area (Å²) in [6, 6.07) is 7.88. The van der Waals surface area contributed by atoms with Crippen LogP contribution in [0.2, 0.25) is 0 Å². The molecule has 0 atom stereocenters. The van der Waals surface area contributed by atoms with Crippen LogP contribution in [0.4, 0.5) is 0 Å². The number of oxazole rings is 1. The molecule has 0 fully saturated rings. The summed E-state index contributed by atoms with van der Waals surface area (Å²) in [7, 11) is 0. The predicted molar refractivity (Wildman–Crippen MR) is 79.2 cm³/mol. The molecular formula is C16H15N3O2. The van der Waals surface area contributed by atoms with Crippen LogP contribution in [0, 0.1) is 6.92 Å². The van der Waals surface area contributed by atoms with Gasteiger partial charge in [-0.3, -0.25) is 9.36 Å². The first-order valence-corrected chi connectivity index (χ1v) is 7.20. The molecule has 0 spiro atoms. The number of fused-ring (bicyclic) bond motifs is 2. The normalized spacial score (nSPS) is 14.3. The van der Waals surface area contributed by atoms with Crippen LogP contribution in [0.15, 0.2) is 33.5 Å². The SMILES string of the molecule is Cc1ccc(-c2nc3c(=O)n4c(nc3o2)CCCC4)cc1. The number of rotatable bonds is 1. The molecule has 0 amide bonds. The van der Waals surface area contributed by atoms with Crippen molar-refractivity contribution in [3.05, 3.63) is 46.0 Å². The van der Waals surface area contributed by atoms with Crippen LogP contribution in [0.25, 0.3) is 22.7 Å². The van der Waals surface area contributed by atoms with Crippen molar-refractivity contribution in [3.63, 3.8) is 0 Å². The fourth-order valence-corrected chi connectivity index (χ4v) is 2.74. The summed E-state index contributed by atoms with van der Waals surface area (Å²) < 4.78 is 7.43. The van der Waals surface area contributed by atoms with E-state index < -0.39 is 0 Å². The van der Waals surface area contributed by atoms with E-state index in [1.165, 1.54) is 5.56 Å². The molecule has 5 heteroatoms. The minimum Gasteiger partial charge on any atom is -0.417 e. The Kier molecular flexibility index (Phi) is 2.67. The van der Waals surface area contributed by atoms with E-state index in [4.69, 9.17) is 4.42 Å². The van der Waals surface area contributed by atoms with E-state index in [2.05, 4.69) is 9.97 Å². The lowest BCUT2D eigenvalue weighted by atomic mass is 10.1. The molecule has 3 heterocycles. The monoisotopic (exact) mass is 281 g/mol. The first-order valence-electron chi connectivity index (χ1n) is 7.20. The molecule has 0 radical (unpaired) electrons. The molecule has 4 rings (SSSR count). The standard InChI is InChI=1S/C16H15N3O2/c1-10-5-7-11(8-6-10)14-18-13-15(21-14)17-12-4-2-3-9-19(12)16(13)20/h5-8H,2-4,9H2,1H3. The quantitative estimate of drug-likeness (QED) is 0.688. The van der Waals surface area contributed by atoms with Gasteiger partial charge < -0.3 is 4.42 Å². The van der Waals surface area contributed by atoms with Gasteiger partial charge in [0, 0.05) is 18.5 Å². The molecule has 0 N–H and O–H groups in total. The molecule has 1 aliphatic rings. The minimum absolute atomic E-state index is 0.0863. The Morgan fingerprint density at radius 3 is 2.76 bits per heavy atom. The molecular weight excluding hydrogens is 266 g/mol. The summed E-state index contributed by atoms with van der Waals surface area (Å²) in [6.45, 7) is 2.75. The van der Waals surface area contributed by atoms with Crippen molar-refractivity contribution in [2.75, 3.05) is 0 Å². The molecule has 0 aliphatic carbocycles. The maximum absolute atomic E-state index is 12.5. The minimum atomic E-state index is -0.0863. The highest BCUT2D eigenvalue weighted by Crippen LogP contribution is 2.23. The van der Waals surface area contributed by atoms with Gasteiger partial charge in [0.05, 0.1) is 0 Å². The molecule has 0 saturated heterocycles. The Morgan fingerprint density at radius 2 is 1.95 bits per heavy atom. The number of hydrogen-bond acceptors (Lipinski definition) is 4. The van der Waals surface area contributed by atoms with E-state index >= 15 is 0 Å². The van der Waals surface area contributed by atoms with E-state index in [1.54, 1.807) is 4.57 Å². The lowest BCUT2D eigenvalue weighted by Gasteiger charge is -2.15. The molecule has 21 heavy (non-hydrogen) atoms. The van der Waals surface area contributed by atoms with Crippen molar-refractivity contribution in [3.8, 4) is 11.5 Å². The third-order valence-corrected chi connectivity index (χ3v) is 3.93. The van der Waals surface area contributed by atoms with Crippen LogP contribution < -0.4 is 5.56 Å². The van der Waals surface area contributed by atoms with Gasteiger partial charge in [-0.15, -0.1) is 0 Å². The summed E-state index contributed by atoms with van der Waals surface area (Å²) in [4.78, 5) is 21.3. The lowest BCUT2D eigenvalue weighted by Crippen LogP contribution is -2.28. The lowest BCUT2D eigenvalue weighted by molar-refractivity contribution is 0.494. The molecule has 106 valence electrons. The summed E-state index contributed by atoms with van der Waals surface area (Å²) in [5.74, 6) is 1.27. The average molecular weight is 281 g/mol. The van der Waals surface area contributed by atoms with Gasteiger partial charge in [0.2, 0.25) is 5.89 Å². The van der Waals surface area contributed by atoms with Crippen LogP contribution >= 0.6 is 0 Å². The van der Waals surface area contributed by atoms with Crippen molar-refractivity contribution in [1.29, 1.82) is 0 Å². The smallest absolute Gasteiger partial charge is 0.283 e. The third-order valence-electron chi connectivity index (χ3n) is 3.93. The molecule has 0 bridgehead atoms. The number of benzene rings is 1. The van der Waals surface area contributed by atoms with E-state index in [0.717, 1.165) is 37.2 Å². The Morgan fingerprint density at radius 1 is 1.14 bits per heavy atom. The average Bonchev–Trinajstić information content (AvgIpc) is 2.92. The zero-order chi connectivity index (χ0) is 14.4. The zero-order valence-electron chi connectivity index (χ0n) is 11.8. The van der Waals surface area contributed by atoms with Crippen LogP contribution in [0.3, 0.4) is 0 Å². The largest absolute Gasteiger partial charge is 0.417 e. The highest BCUT2D eigenvalue weighted by atomic mass is 16.4. The Bertz CT molecular complexity index is 875. The van der Waals surface area contributed by atoms with Gasteiger partial charge in [0.25, 0.3) is 11.3 Å². The maximum atomic E-state index is 12.5. The summed E-state index contributed by atoms with van der Waals surface area (Å²) in [6.07, 6.45) is 2.91. The molecule has 5 nitrogen and oxygen atoms in total. The van der Waals surface area contributed by atoms with Crippen molar-refractivity contribution in [1.82, 2.24) is 14.5 Å². The van der Waals surface area contributed by atoms with Gasteiger partial charge in [-0.1, -0.05) is 17.7 Å². The van der Waals surface area contributed by atoms with Gasteiger partial charge in [0.15, 0.2) is 5.52 Å². The van der Waals surface area contributed by atoms with Crippen molar-refractivity contribution >= 4 is 11.2 Å². The number of aromatic nitrogens is 3.